The molecule has 1 aromatic carbocycles. The topological polar surface area (TPSA) is 83.0 Å². The Kier molecular flexibility index (Phi) is 3.44. The molecule has 0 saturated heterocycles. The van der Waals surface area contributed by atoms with E-state index in [0.717, 1.165) is 0 Å². The molecule has 0 bridgehead atoms. The molecule has 3 aromatic rings. The molecule has 0 amide bonds. The minimum Gasteiger partial charge on any atom is -0.491 e. The van der Waals surface area contributed by atoms with Gasteiger partial charge in [-0.05, 0) is 17.5 Å². The van der Waals surface area contributed by atoms with Crippen LogP contribution in [0.5, 0.6) is 5.75 Å². The molecule has 0 atom stereocenters. The van der Waals surface area contributed by atoms with Crippen molar-refractivity contribution in [3.63, 3.8) is 0 Å². The Morgan fingerprint density at radius 1 is 1.30 bits per heavy atom. The Bertz CT molecular complexity index is 985. The number of ether oxygens (including phenoxy) is 1. The van der Waals surface area contributed by atoms with Crippen molar-refractivity contribution in [2.24, 2.45) is 7.05 Å². The monoisotopic (exact) mass is 318 g/mol. The van der Waals surface area contributed by atoms with E-state index < -0.39 is 17.2 Å². The highest BCUT2D eigenvalue weighted by Crippen LogP contribution is 2.29. The molecule has 0 aliphatic heterocycles. The Labute approximate surface area is 129 Å². The summed E-state index contributed by atoms with van der Waals surface area (Å²) in [6.45, 7) is 0. The lowest BCUT2D eigenvalue weighted by Crippen LogP contribution is -2.17. The van der Waals surface area contributed by atoms with Crippen molar-refractivity contribution in [3.8, 4) is 17.1 Å². The average Bonchev–Trinajstić information content (AvgIpc) is 2.54. The molecular weight excluding hydrogens is 306 g/mol. The lowest BCUT2D eigenvalue weighted by Gasteiger charge is -2.09. The van der Waals surface area contributed by atoms with Crippen LogP contribution >= 0.6 is 0 Å². The second-order valence-electron chi connectivity index (χ2n) is 4.90. The third kappa shape index (κ3) is 2.28. The Morgan fingerprint density at radius 3 is 2.70 bits per heavy atom. The molecule has 0 aliphatic carbocycles. The van der Waals surface area contributed by atoms with Crippen LogP contribution in [0.3, 0.4) is 0 Å². The highest BCUT2D eigenvalue weighted by Gasteiger charge is 2.20. The number of aryl methyl sites for hydroxylation is 1. The minimum absolute atomic E-state index is 0.00128. The van der Waals surface area contributed by atoms with Crippen LogP contribution in [0.15, 0.2) is 29.3 Å². The van der Waals surface area contributed by atoms with Gasteiger partial charge in [-0.2, -0.15) is 0 Å². The summed E-state index contributed by atoms with van der Waals surface area (Å²) in [4.78, 5) is 19.8. The van der Waals surface area contributed by atoms with E-state index >= 15 is 0 Å². The molecule has 0 spiro atoms. The fourth-order valence-corrected chi connectivity index (χ4v) is 2.26. The predicted molar refractivity (Wildman–Crippen MR) is 81.1 cm³/mol. The van der Waals surface area contributed by atoms with Crippen molar-refractivity contribution in [2.75, 3.05) is 12.8 Å². The van der Waals surface area contributed by atoms with Gasteiger partial charge in [-0.1, -0.05) is 0 Å². The smallest absolute Gasteiger partial charge is 0.261 e. The van der Waals surface area contributed by atoms with E-state index in [1.807, 2.05) is 0 Å². The maximum atomic E-state index is 14.4. The first-order chi connectivity index (χ1) is 10.9. The lowest BCUT2D eigenvalue weighted by atomic mass is 10.1. The SMILES string of the molecule is COc1cnc(-c2cc3ccn(C)c(=O)c3c(F)c2F)nc1N. The summed E-state index contributed by atoms with van der Waals surface area (Å²) >= 11 is 0. The van der Waals surface area contributed by atoms with Crippen molar-refractivity contribution in [3.05, 3.63) is 46.5 Å². The number of halogens is 2. The summed E-state index contributed by atoms with van der Waals surface area (Å²) in [5.74, 6) is -2.31. The summed E-state index contributed by atoms with van der Waals surface area (Å²) in [6, 6.07) is 2.83. The summed E-state index contributed by atoms with van der Waals surface area (Å²) in [5, 5.41) is -0.0716. The molecule has 118 valence electrons. The second kappa shape index (κ2) is 5.31. The normalized spacial score (nSPS) is 11.0. The van der Waals surface area contributed by atoms with E-state index in [2.05, 4.69) is 9.97 Å². The first kappa shape index (κ1) is 14.9. The lowest BCUT2D eigenvalue weighted by molar-refractivity contribution is 0.413. The third-order valence-corrected chi connectivity index (χ3v) is 3.49. The minimum atomic E-state index is -1.24. The van der Waals surface area contributed by atoms with Gasteiger partial charge >= 0.3 is 0 Å². The zero-order valence-corrected chi connectivity index (χ0v) is 12.3. The first-order valence-electron chi connectivity index (χ1n) is 6.58. The number of nitrogens with zero attached hydrogens (tertiary/aromatic N) is 3. The number of rotatable bonds is 2. The van der Waals surface area contributed by atoms with Crippen molar-refractivity contribution in [2.45, 2.75) is 0 Å². The van der Waals surface area contributed by atoms with Gasteiger partial charge in [0.1, 0.15) is 0 Å². The quantitative estimate of drug-likeness (QED) is 0.780. The van der Waals surface area contributed by atoms with Crippen LogP contribution in [-0.2, 0) is 7.05 Å². The second-order valence-corrected chi connectivity index (χ2v) is 4.90. The highest BCUT2D eigenvalue weighted by molar-refractivity contribution is 5.86. The number of benzene rings is 1. The summed E-state index contributed by atoms with van der Waals surface area (Å²) in [6.07, 6.45) is 2.73. The number of anilines is 1. The molecule has 2 aromatic heterocycles. The van der Waals surface area contributed by atoms with Gasteiger partial charge in [0.05, 0.1) is 24.3 Å². The Hall–Kier alpha value is -3.03. The predicted octanol–water partition coefficient (Wildman–Crippen LogP) is 1.86. The summed E-state index contributed by atoms with van der Waals surface area (Å²) < 4.78 is 34.8. The zero-order chi connectivity index (χ0) is 16.7. The maximum Gasteiger partial charge on any atom is 0.261 e. The van der Waals surface area contributed by atoms with Gasteiger partial charge < -0.3 is 15.0 Å². The van der Waals surface area contributed by atoms with E-state index in [9.17, 15) is 13.6 Å². The largest absolute Gasteiger partial charge is 0.491 e. The fourth-order valence-electron chi connectivity index (χ4n) is 2.26. The van der Waals surface area contributed by atoms with Crippen molar-refractivity contribution >= 4 is 16.6 Å². The molecule has 0 radical (unpaired) electrons. The van der Waals surface area contributed by atoms with Gasteiger partial charge in [-0.15, -0.1) is 0 Å². The molecule has 2 heterocycles. The molecule has 3 rings (SSSR count). The Morgan fingerprint density at radius 2 is 2.04 bits per heavy atom. The van der Waals surface area contributed by atoms with Crippen LogP contribution in [0.25, 0.3) is 22.2 Å². The van der Waals surface area contributed by atoms with Gasteiger partial charge in [0.25, 0.3) is 5.56 Å². The van der Waals surface area contributed by atoms with Crippen LogP contribution in [0.4, 0.5) is 14.6 Å². The van der Waals surface area contributed by atoms with Gasteiger partial charge in [0.2, 0.25) is 0 Å². The van der Waals surface area contributed by atoms with E-state index in [0.29, 0.717) is 0 Å². The van der Waals surface area contributed by atoms with Gasteiger partial charge in [0.15, 0.2) is 29.0 Å². The van der Waals surface area contributed by atoms with E-state index in [1.54, 1.807) is 0 Å². The molecule has 2 N–H and O–H groups in total. The third-order valence-electron chi connectivity index (χ3n) is 3.49. The number of aromatic nitrogens is 3. The zero-order valence-electron chi connectivity index (χ0n) is 12.3. The number of nitrogens with two attached hydrogens (primary N) is 1. The summed E-state index contributed by atoms with van der Waals surface area (Å²) in [5.41, 5.74) is 4.86. The standard InChI is InChI=1S/C15H12F2N4O2/c1-21-4-3-7-5-8(11(16)12(17)10(7)15(21)22)14-19-6-9(23-2)13(18)20-14/h3-6H,1-2H3,(H2,18,19,20). The molecule has 6 nitrogen and oxygen atoms in total. The number of fused-ring (bicyclic) bond motifs is 1. The Balaban J connectivity index is 2.31. The first-order valence-corrected chi connectivity index (χ1v) is 6.58. The van der Waals surface area contributed by atoms with Crippen LogP contribution in [0.2, 0.25) is 0 Å². The molecular formula is C15H12F2N4O2. The molecule has 0 unspecified atom stereocenters. The van der Waals surface area contributed by atoms with Crippen LogP contribution in [0.1, 0.15) is 0 Å². The number of hydrogen-bond acceptors (Lipinski definition) is 5. The molecule has 23 heavy (non-hydrogen) atoms. The van der Waals surface area contributed by atoms with E-state index in [-0.39, 0.29) is 33.7 Å². The molecule has 0 fully saturated rings. The van der Waals surface area contributed by atoms with Gasteiger partial charge in [-0.25, -0.2) is 18.7 Å². The van der Waals surface area contributed by atoms with Crippen LogP contribution < -0.4 is 16.0 Å². The maximum absolute atomic E-state index is 14.4. The van der Waals surface area contributed by atoms with Crippen LogP contribution in [0, 0.1) is 11.6 Å². The number of methoxy groups -OCH3 is 1. The number of hydrogen-bond donors (Lipinski definition) is 1. The van der Waals surface area contributed by atoms with Crippen LogP contribution in [-0.4, -0.2) is 21.6 Å². The van der Waals surface area contributed by atoms with E-state index in [1.165, 1.54) is 43.3 Å². The van der Waals surface area contributed by atoms with Crippen molar-refractivity contribution in [1.29, 1.82) is 0 Å². The number of nitrogen functional groups attached to an aromatic ring is 1. The number of pyridine rings is 1. The molecule has 0 saturated carbocycles. The molecule has 0 aliphatic rings. The van der Waals surface area contributed by atoms with Gasteiger partial charge in [-0.3, -0.25) is 4.79 Å². The highest BCUT2D eigenvalue weighted by atomic mass is 19.2. The van der Waals surface area contributed by atoms with Gasteiger partial charge in [0, 0.05) is 13.2 Å². The van der Waals surface area contributed by atoms with Crippen molar-refractivity contribution in [1.82, 2.24) is 14.5 Å². The average molecular weight is 318 g/mol. The fraction of sp³-hybridized carbons (Fsp3) is 0.133. The summed E-state index contributed by atoms with van der Waals surface area (Å²) in [7, 11) is 2.85. The van der Waals surface area contributed by atoms with E-state index in [4.69, 9.17) is 10.5 Å². The van der Waals surface area contributed by atoms with Crippen molar-refractivity contribution < 1.29 is 13.5 Å². The molecule has 8 heteroatoms.